The van der Waals surface area contributed by atoms with Gasteiger partial charge in [-0.2, -0.15) is 12.6 Å². The first-order valence-electron chi connectivity index (χ1n) is 4.52. The molecule has 1 unspecified atom stereocenters. The Bertz CT molecular complexity index is 349. The van der Waals surface area contributed by atoms with Gasteiger partial charge in [0, 0.05) is 13.1 Å². The van der Waals surface area contributed by atoms with Crippen molar-refractivity contribution in [2.45, 2.75) is 25.3 Å². The highest BCUT2D eigenvalue weighted by molar-refractivity contribution is 7.81. The number of hydrogen-bond donors (Lipinski definition) is 1. The number of nitrogens with zero attached hydrogens (tertiary/aromatic N) is 4. The van der Waals surface area contributed by atoms with Crippen molar-refractivity contribution in [3.8, 4) is 0 Å². The monoisotopic (exact) mass is 212 g/mol. The molecule has 1 aromatic rings. The minimum absolute atomic E-state index is 0.0579. The summed E-state index contributed by atoms with van der Waals surface area (Å²) < 4.78 is 1.97. The Labute approximate surface area is 87.5 Å². The van der Waals surface area contributed by atoms with Gasteiger partial charge in [0.15, 0.2) is 5.82 Å². The van der Waals surface area contributed by atoms with Crippen molar-refractivity contribution < 1.29 is 4.79 Å². The zero-order valence-corrected chi connectivity index (χ0v) is 8.81. The molecule has 1 aliphatic heterocycles. The van der Waals surface area contributed by atoms with Crippen molar-refractivity contribution in [3.05, 3.63) is 12.2 Å². The second kappa shape index (κ2) is 3.61. The molecule has 1 aliphatic rings. The van der Waals surface area contributed by atoms with Gasteiger partial charge < -0.3 is 9.47 Å². The smallest absolute Gasteiger partial charge is 0.235 e. The Kier molecular flexibility index (Phi) is 2.45. The minimum Gasteiger partial charge on any atom is -0.332 e. The first kappa shape index (κ1) is 9.51. The maximum atomic E-state index is 11.6. The lowest BCUT2D eigenvalue weighted by atomic mass is 10.3. The van der Waals surface area contributed by atoms with Gasteiger partial charge in [0.05, 0.1) is 11.8 Å². The molecule has 0 bridgehead atoms. The van der Waals surface area contributed by atoms with Gasteiger partial charge in [-0.25, -0.2) is 0 Å². The van der Waals surface area contributed by atoms with Crippen LogP contribution in [-0.4, -0.2) is 37.4 Å². The number of thiol groups is 1. The zero-order chi connectivity index (χ0) is 10.1. The largest absolute Gasteiger partial charge is 0.332 e. The predicted octanol–water partition coefficient (Wildman–Crippen LogP) is -0.0614. The van der Waals surface area contributed by atoms with Crippen molar-refractivity contribution in [3.63, 3.8) is 0 Å². The molecule has 0 spiro atoms. The van der Waals surface area contributed by atoms with E-state index >= 15 is 0 Å². The Morgan fingerprint density at radius 3 is 3.14 bits per heavy atom. The van der Waals surface area contributed by atoms with Crippen LogP contribution >= 0.6 is 12.6 Å². The van der Waals surface area contributed by atoms with Crippen molar-refractivity contribution in [1.29, 1.82) is 0 Å². The van der Waals surface area contributed by atoms with E-state index in [9.17, 15) is 4.79 Å². The van der Waals surface area contributed by atoms with Gasteiger partial charge in [0.1, 0.15) is 6.33 Å². The van der Waals surface area contributed by atoms with Crippen molar-refractivity contribution in [1.82, 2.24) is 19.7 Å². The molecule has 0 radical (unpaired) electrons. The Morgan fingerprint density at radius 2 is 2.43 bits per heavy atom. The molecule has 76 valence electrons. The topological polar surface area (TPSA) is 51.0 Å². The average Bonchev–Trinajstić information content (AvgIpc) is 2.62. The Morgan fingerprint density at radius 1 is 1.64 bits per heavy atom. The summed E-state index contributed by atoms with van der Waals surface area (Å²) in [6, 6.07) is 0. The molecule has 1 amide bonds. The van der Waals surface area contributed by atoms with Gasteiger partial charge in [-0.15, -0.1) is 10.2 Å². The van der Waals surface area contributed by atoms with E-state index in [1.54, 1.807) is 18.2 Å². The lowest BCUT2D eigenvalue weighted by molar-refractivity contribution is -0.131. The molecule has 0 fully saturated rings. The number of hydrogen-bond acceptors (Lipinski definition) is 4. The van der Waals surface area contributed by atoms with Crippen LogP contribution in [0.25, 0.3) is 0 Å². The molecule has 1 aromatic heterocycles. The normalized spacial score (nSPS) is 17.7. The number of carbonyl (C=O) groups is 1. The summed E-state index contributed by atoms with van der Waals surface area (Å²) in [5.74, 6) is 0.904. The minimum atomic E-state index is -0.246. The van der Waals surface area contributed by atoms with E-state index in [0.29, 0.717) is 6.54 Å². The van der Waals surface area contributed by atoms with Crippen LogP contribution in [0.5, 0.6) is 0 Å². The van der Waals surface area contributed by atoms with Crippen molar-refractivity contribution >= 4 is 18.5 Å². The maximum absolute atomic E-state index is 11.6. The van der Waals surface area contributed by atoms with E-state index in [-0.39, 0.29) is 11.2 Å². The number of rotatable bonds is 1. The molecule has 6 heteroatoms. The fourth-order valence-electron chi connectivity index (χ4n) is 1.52. The quantitative estimate of drug-likeness (QED) is 0.663. The van der Waals surface area contributed by atoms with E-state index in [0.717, 1.165) is 18.9 Å². The molecule has 0 aromatic carbocycles. The van der Waals surface area contributed by atoms with Gasteiger partial charge in [-0.3, -0.25) is 4.79 Å². The van der Waals surface area contributed by atoms with Crippen LogP contribution in [0, 0.1) is 0 Å². The molecular weight excluding hydrogens is 200 g/mol. The number of aromatic nitrogens is 3. The zero-order valence-electron chi connectivity index (χ0n) is 7.92. The third kappa shape index (κ3) is 1.61. The highest BCUT2D eigenvalue weighted by Gasteiger charge is 2.23. The van der Waals surface area contributed by atoms with Gasteiger partial charge in [0.2, 0.25) is 5.91 Å². The lowest BCUT2D eigenvalue weighted by Crippen LogP contribution is -2.41. The average molecular weight is 212 g/mol. The highest BCUT2D eigenvalue weighted by Crippen LogP contribution is 2.11. The molecule has 0 saturated carbocycles. The predicted molar refractivity (Wildman–Crippen MR) is 53.9 cm³/mol. The standard InChI is InChI=1S/C8H12N4OS/c1-6(14)8(13)11-2-3-12-5-9-10-7(12)4-11/h5-6,14H,2-4H2,1H3. The van der Waals surface area contributed by atoms with E-state index in [1.165, 1.54) is 0 Å². The third-order valence-corrected chi connectivity index (χ3v) is 2.53. The van der Waals surface area contributed by atoms with Crippen molar-refractivity contribution in [2.75, 3.05) is 6.54 Å². The summed E-state index contributed by atoms with van der Waals surface area (Å²) in [7, 11) is 0. The van der Waals surface area contributed by atoms with Crippen LogP contribution in [0.4, 0.5) is 0 Å². The van der Waals surface area contributed by atoms with Gasteiger partial charge in [0.25, 0.3) is 0 Å². The van der Waals surface area contributed by atoms with Gasteiger partial charge in [-0.05, 0) is 6.92 Å². The summed E-state index contributed by atoms with van der Waals surface area (Å²) >= 11 is 4.12. The van der Waals surface area contributed by atoms with Gasteiger partial charge in [-0.1, -0.05) is 0 Å². The Hall–Kier alpha value is -1.04. The molecule has 0 saturated heterocycles. The summed E-state index contributed by atoms with van der Waals surface area (Å²) in [6.07, 6.45) is 1.70. The van der Waals surface area contributed by atoms with E-state index in [2.05, 4.69) is 22.8 Å². The Balaban J connectivity index is 2.11. The summed E-state index contributed by atoms with van der Waals surface area (Å²) in [6.45, 7) is 3.82. The molecule has 1 atom stereocenters. The van der Waals surface area contributed by atoms with Crippen LogP contribution in [0.1, 0.15) is 12.7 Å². The number of fused-ring (bicyclic) bond motifs is 1. The van der Waals surface area contributed by atoms with Gasteiger partial charge >= 0.3 is 0 Å². The fraction of sp³-hybridized carbons (Fsp3) is 0.625. The summed E-state index contributed by atoms with van der Waals surface area (Å²) in [5, 5.41) is 7.50. The summed E-state index contributed by atoms with van der Waals surface area (Å²) in [5.41, 5.74) is 0. The molecule has 5 nitrogen and oxygen atoms in total. The molecular formula is C8H12N4OS. The first-order valence-corrected chi connectivity index (χ1v) is 5.03. The number of carbonyl (C=O) groups excluding carboxylic acids is 1. The first-order chi connectivity index (χ1) is 6.68. The maximum Gasteiger partial charge on any atom is 0.235 e. The molecule has 2 heterocycles. The van der Waals surface area contributed by atoms with E-state index < -0.39 is 0 Å². The van der Waals surface area contributed by atoms with Crippen LogP contribution < -0.4 is 0 Å². The van der Waals surface area contributed by atoms with E-state index in [4.69, 9.17) is 0 Å². The molecule has 0 N–H and O–H groups in total. The highest BCUT2D eigenvalue weighted by atomic mass is 32.1. The van der Waals surface area contributed by atoms with Crippen LogP contribution in [-0.2, 0) is 17.9 Å². The molecule has 14 heavy (non-hydrogen) atoms. The van der Waals surface area contributed by atoms with Crippen LogP contribution in [0.3, 0.4) is 0 Å². The molecule has 0 aliphatic carbocycles. The van der Waals surface area contributed by atoms with Crippen LogP contribution in [0.15, 0.2) is 6.33 Å². The number of amides is 1. The second-order valence-corrected chi connectivity index (χ2v) is 4.15. The third-order valence-electron chi connectivity index (χ3n) is 2.31. The molecule has 2 rings (SSSR count). The lowest BCUT2D eigenvalue weighted by Gasteiger charge is -2.28. The SMILES string of the molecule is CC(S)C(=O)N1CCn2cnnc2C1. The van der Waals surface area contributed by atoms with Crippen LogP contribution in [0.2, 0.25) is 0 Å². The second-order valence-electron chi connectivity index (χ2n) is 3.38. The summed E-state index contributed by atoms with van der Waals surface area (Å²) in [4.78, 5) is 13.4. The van der Waals surface area contributed by atoms with E-state index in [1.807, 2.05) is 4.57 Å². The fourth-order valence-corrected chi connectivity index (χ4v) is 1.68. The van der Waals surface area contributed by atoms with Crippen molar-refractivity contribution in [2.24, 2.45) is 0 Å².